The minimum Gasteiger partial charge on any atom is -0.489 e. The zero-order chi connectivity index (χ0) is 14.4. The summed E-state index contributed by atoms with van der Waals surface area (Å²) in [4.78, 5) is 2.41. The highest BCUT2D eigenvalue weighted by atomic mass is 79.9. The molecule has 0 unspecified atom stereocenters. The molecule has 0 amide bonds. The van der Waals surface area contributed by atoms with E-state index < -0.39 is 0 Å². The van der Waals surface area contributed by atoms with Crippen LogP contribution in [0.3, 0.4) is 0 Å². The van der Waals surface area contributed by atoms with Gasteiger partial charge in [0.1, 0.15) is 0 Å². The Hall–Kier alpha value is -0.650. The van der Waals surface area contributed by atoms with Gasteiger partial charge < -0.3 is 14.4 Å². The Morgan fingerprint density at radius 1 is 1.35 bits per heavy atom. The van der Waals surface area contributed by atoms with Gasteiger partial charge in [0, 0.05) is 26.7 Å². The van der Waals surface area contributed by atoms with E-state index in [1.165, 1.54) is 6.07 Å². The van der Waals surface area contributed by atoms with E-state index in [1.54, 1.807) is 19.2 Å². The van der Waals surface area contributed by atoms with E-state index in [4.69, 9.17) is 9.47 Å². The van der Waals surface area contributed by atoms with Gasteiger partial charge >= 0.3 is 0 Å². The van der Waals surface area contributed by atoms with Gasteiger partial charge in [0.2, 0.25) is 0 Å². The molecule has 0 saturated carbocycles. The fourth-order valence-electron chi connectivity index (χ4n) is 2.45. The second-order valence-electron chi connectivity index (χ2n) is 5.03. The molecule has 3 nitrogen and oxygen atoms in total. The van der Waals surface area contributed by atoms with Crippen molar-refractivity contribution in [3.05, 3.63) is 28.5 Å². The quantitative estimate of drug-likeness (QED) is 0.737. The predicted molar refractivity (Wildman–Crippen MR) is 80.7 cm³/mol. The van der Waals surface area contributed by atoms with Gasteiger partial charge in [0.15, 0.2) is 11.6 Å². The van der Waals surface area contributed by atoms with Gasteiger partial charge in [0.25, 0.3) is 0 Å². The fraction of sp³-hybridized carbons (Fsp3) is 0.600. The van der Waals surface area contributed by atoms with E-state index in [0.29, 0.717) is 22.9 Å². The minimum atomic E-state index is -0.319. The predicted octanol–water partition coefficient (Wildman–Crippen LogP) is 3.47. The number of likely N-dealkylation sites (tertiary alicyclic amines) is 1. The van der Waals surface area contributed by atoms with Crippen molar-refractivity contribution in [3.8, 4) is 5.75 Å². The van der Waals surface area contributed by atoms with Gasteiger partial charge in [0.05, 0.1) is 17.2 Å². The first kappa shape index (κ1) is 15.7. The van der Waals surface area contributed by atoms with E-state index in [-0.39, 0.29) is 5.82 Å². The van der Waals surface area contributed by atoms with Crippen LogP contribution in [0.2, 0.25) is 0 Å². The van der Waals surface area contributed by atoms with Crippen LogP contribution in [-0.2, 0) is 4.74 Å². The topological polar surface area (TPSA) is 21.7 Å². The third-order valence-corrected chi connectivity index (χ3v) is 4.28. The van der Waals surface area contributed by atoms with Crippen molar-refractivity contribution in [1.29, 1.82) is 0 Å². The molecule has 1 aromatic carbocycles. The Bertz CT molecular complexity index is 402. The molecule has 0 N–H and O–H groups in total. The molecule has 1 aliphatic heterocycles. The number of methoxy groups -OCH3 is 1. The SMILES string of the molecule is COC1CCN(CCCOc2c(F)cccc2Br)CC1. The Morgan fingerprint density at radius 2 is 2.10 bits per heavy atom. The van der Waals surface area contributed by atoms with Crippen LogP contribution < -0.4 is 4.74 Å². The number of hydrogen-bond acceptors (Lipinski definition) is 3. The van der Waals surface area contributed by atoms with Crippen molar-refractivity contribution in [2.24, 2.45) is 0 Å². The molecular weight excluding hydrogens is 325 g/mol. The van der Waals surface area contributed by atoms with Gasteiger partial charge in [-0.15, -0.1) is 0 Å². The third kappa shape index (κ3) is 4.43. The van der Waals surface area contributed by atoms with E-state index in [0.717, 1.165) is 38.9 Å². The Morgan fingerprint density at radius 3 is 2.75 bits per heavy atom. The average Bonchev–Trinajstić information content (AvgIpc) is 2.46. The second kappa shape index (κ2) is 7.96. The lowest BCUT2D eigenvalue weighted by molar-refractivity contribution is 0.0398. The summed E-state index contributed by atoms with van der Waals surface area (Å²) in [5.41, 5.74) is 0. The lowest BCUT2D eigenvalue weighted by atomic mass is 10.1. The number of hydrogen-bond donors (Lipinski definition) is 0. The van der Waals surface area contributed by atoms with Crippen molar-refractivity contribution < 1.29 is 13.9 Å². The summed E-state index contributed by atoms with van der Waals surface area (Å²) in [5.74, 6) is -0.00845. The van der Waals surface area contributed by atoms with Crippen LogP contribution in [0.5, 0.6) is 5.75 Å². The highest BCUT2D eigenvalue weighted by Gasteiger charge is 2.18. The number of ether oxygens (including phenoxy) is 2. The molecule has 1 aliphatic rings. The number of piperidine rings is 1. The van der Waals surface area contributed by atoms with Gasteiger partial charge in [-0.3, -0.25) is 0 Å². The summed E-state index contributed by atoms with van der Waals surface area (Å²) in [6.45, 7) is 3.66. The third-order valence-electron chi connectivity index (χ3n) is 3.65. The molecule has 0 aromatic heterocycles. The van der Waals surface area contributed by atoms with Crippen molar-refractivity contribution in [1.82, 2.24) is 4.90 Å². The number of benzene rings is 1. The molecular formula is C15H21BrFNO2. The first-order valence-corrected chi connectivity index (χ1v) is 7.82. The molecule has 0 spiro atoms. The lowest BCUT2D eigenvalue weighted by Gasteiger charge is -2.31. The molecule has 1 fully saturated rings. The maximum atomic E-state index is 13.5. The molecule has 0 bridgehead atoms. The number of nitrogens with zero attached hydrogens (tertiary/aromatic N) is 1. The van der Waals surface area contributed by atoms with Crippen molar-refractivity contribution in [3.63, 3.8) is 0 Å². The van der Waals surface area contributed by atoms with Crippen LogP contribution in [0.1, 0.15) is 19.3 Å². The molecule has 20 heavy (non-hydrogen) atoms. The zero-order valence-corrected chi connectivity index (χ0v) is 13.4. The molecule has 1 heterocycles. The van der Waals surface area contributed by atoms with Crippen LogP contribution in [0.15, 0.2) is 22.7 Å². The van der Waals surface area contributed by atoms with Crippen molar-refractivity contribution in [2.75, 3.05) is 33.4 Å². The summed E-state index contributed by atoms with van der Waals surface area (Å²) in [6, 6.07) is 4.86. The summed E-state index contributed by atoms with van der Waals surface area (Å²) in [6.07, 6.45) is 3.50. The molecule has 1 saturated heterocycles. The van der Waals surface area contributed by atoms with Crippen LogP contribution in [0.25, 0.3) is 0 Å². The molecule has 0 atom stereocenters. The average molecular weight is 346 g/mol. The fourth-order valence-corrected chi connectivity index (χ4v) is 2.91. The Balaban J connectivity index is 1.67. The van der Waals surface area contributed by atoms with Gasteiger partial charge in [-0.1, -0.05) is 6.07 Å². The summed E-state index contributed by atoms with van der Waals surface area (Å²) in [7, 11) is 1.78. The maximum Gasteiger partial charge on any atom is 0.169 e. The molecule has 1 aromatic rings. The van der Waals surface area contributed by atoms with E-state index in [2.05, 4.69) is 20.8 Å². The molecule has 0 aliphatic carbocycles. The zero-order valence-electron chi connectivity index (χ0n) is 11.8. The second-order valence-corrected chi connectivity index (χ2v) is 5.88. The molecule has 112 valence electrons. The standard InChI is InChI=1S/C15H21BrFNO2/c1-19-12-6-9-18(10-7-12)8-3-11-20-15-13(16)4-2-5-14(15)17/h2,4-5,12H,3,6-11H2,1H3. The van der Waals surface area contributed by atoms with E-state index in [1.807, 2.05) is 0 Å². The van der Waals surface area contributed by atoms with E-state index >= 15 is 0 Å². The first-order valence-electron chi connectivity index (χ1n) is 7.02. The van der Waals surface area contributed by atoms with Crippen LogP contribution in [0, 0.1) is 5.82 Å². The number of rotatable bonds is 6. The van der Waals surface area contributed by atoms with Gasteiger partial charge in [-0.05, 0) is 47.3 Å². The van der Waals surface area contributed by atoms with Crippen molar-refractivity contribution in [2.45, 2.75) is 25.4 Å². The summed E-state index contributed by atoms with van der Waals surface area (Å²) in [5, 5.41) is 0. The summed E-state index contributed by atoms with van der Waals surface area (Å²) >= 11 is 3.30. The lowest BCUT2D eigenvalue weighted by Crippen LogP contribution is -2.37. The van der Waals surface area contributed by atoms with Crippen LogP contribution in [-0.4, -0.2) is 44.4 Å². The smallest absolute Gasteiger partial charge is 0.169 e. The minimum absolute atomic E-state index is 0.311. The summed E-state index contributed by atoms with van der Waals surface area (Å²) < 4.78 is 25.1. The Labute approximate surface area is 128 Å². The number of halogens is 2. The highest BCUT2D eigenvalue weighted by Crippen LogP contribution is 2.27. The van der Waals surface area contributed by atoms with E-state index in [9.17, 15) is 4.39 Å². The Kier molecular flexibility index (Phi) is 6.26. The van der Waals surface area contributed by atoms with Crippen molar-refractivity contribution >= 4 is 15.9 Å². The molecule has 5 heteroatoms. The highest BCUT2D eigenvalue weighted by molar-refractivity contribution is 9.10. The van der Waals surface area contributed by atoms with Crippen LogP contribution in [0.4, 0.5) is 4.39 Å². The number of para-hydroxylation sites is 1. The first-order chi connectivity index (χ1) is 9.70. The largest absolute Gasteiger partial charge is 0.489 e. The molecule has 2 rings (SSSR count). The molecule has 0 radical (unpaired) electrons. The van der Waals surface area contributed by atoms with Gasteiger partial charge in [-0.25, -0.2) is 4.39 Å². The van der Waals surface area contributed by atoms with Crippen LogP contribution >= 0.6 is 15.9 Å². The maximum absolute atomic E-state index is 13.5. The monoisotopic (exact) mass is 345 g/mol. The van der Waals surface area contributed by atoms with Gasteiger partial charge in [-0.2, -0.15) is 0 Å². The normalized spacial score (nSPS) is 17.4.